The molecule has 1 N–H and O–H groups in total. The second-order valence-electron chi connectivity index (χ2n) is 7.84. The zero-order chi connectivity index (χ0) is 18.8. The molecule has 4 rings (SSSR count). The lowest BCUT2D eigenvalue weighted by Gasteiger charge is -2.31. The van der Waals surface area contributed by atoms with Gasteiger partial charge in [0.2, 0.25) is 0 Å². The van der Waals surface area contributed by atoms with Gasteiger partial charge in [-0.3, -0.25) is 0 Å². The van der Waals surface area contributed by atoms with Gasteiger partial charge in [0.05, 0.1) is 6.10 Å². The summed E-state index contributed by atoms with van der Waals surface area (Å²) in [5, 5.41) is 9.69. The third-order valence-corrected chi connectivity index (χ3v) is 5.80. The molecule has 1 aromatic carbocycles. The van der Waals surface area contributed by atoms with Gasteiger partial charge in [0.25, 0.3) is 0 Å². The van der Waals surface area contributed by atoms with Gasteiger partial charge < -0.3 is 14.9 Å². The number of aromatic nitrogens is 2. The van der Waals surface area contributed by atoms with Gasteiger partial charge in [0.15, 0.2) is 0 Å². The summed E-state index contributed by atoms with van der Waals surface area (Å²) in [5.74, 6) is 2.30. The lowest BCUT2D eigenvalue weighted by molar-refractivity contribution is 0.145. The van der Waals surface area contributed by atoms with Crippen molar-refractivity contribution in [3.8, 4) is 0 Å². The summed E-state index contributed by atoms with van der Waals surface area (Å²) in [5.41, 5.74) is 1.77. The molecule has 2 fully saturated rings. The lowest BCUT2D eigenvalue weighted by Crippen LogP contribution is -2.36. The fraction of sp³-hybridized carbons (Fsp3) is 0.524. The monoisotopic (exact) mass is 370 g/mol. The van der Waals surface area contributed by atoms with Gasteiger partial charge in [-0.25, -0.2) is 14.4 Å². The maximum absolute atomic E-state index is 13.8. The molecule has 27 heavy (non-hydrogen) atoms. The number of halogens is 1. The summed E-state index contributed by atoms with van der Waals surface area (Å²) < 4.78 is 13.8. The van der Waals surface area contributed by atoms with Crippen molar-refractivity contribution in [2.45, 2.75) is 38.7 Å². The van der Waals surface area contributed by atoms with Crippen LogP contribution in [-0.4, -0.2) is 47.4 Å². The Bertz CT molecular complexity index is 792. The summed E-state index contributed by atoms with van der Waals surface area (Å²) >= 11 is 0. The fourth-order valence-corrected chi connectivity index (χ4v) is 4.08. The maximum Gasteiger partial charge on any atom is 0.134 e. The second-order valence-corrected chi connectivity index (χ2v) is 7.84. The minimum Gasteiger partial charge on any atom is -0.393 e. The molecule has 2 aliphatic heterocycles. The summed E-state index contributed by atoms with van der Waals surface area (Å²) in [6.07, 6.45) is 5.02. The zero-order valence-corrected chi connectivity index (χ0v) is 15.8. The molecule has 1 atom stereocenters. The summed E-state index contributed by atoms with van der Waals surface area (Å²) in [6.45, 7) is 5.36. The molecule has 144 valence electrons. The Balaban J connectivity index is 1.40. The van der Waals surface area contributed by atoms with Crippen molar-refractivity contribution in [3.63, 3.8) is 0 Å². The molecular weight excluding hydrogens is 343 g/mol. The molecule has 2 saturated heterocycles. The topological polar surface area (TPSA) is 52.5 Å². The van der Waals surface area contributed by atoms with Crippen molar-refractivity contribution in [1.29, 1.82) is 0 Å². The SMILES string of the molecule is Cc1ccc(CC2CCN(c3cc(N4CCC(O)CC4)ncn3)C2)cc1F. The number of hydrogen-bond acceptors (Lipinski definition) is 5. The van der Waals surface area contributed by atoms with E-state index in [9.17, 15) is 9.50 Å². The number of benzene rings is 1. The number of anilines is 2. The van der Waals surface area contributed by atoms with Crippen LogP contribution in [0.2, 0.25) is 0 Å². The first kappa shape index (κ1) is 18.2. The molecule has 3 heterocycles. The predicted molar refractivity (Wildman–Crippen MR) is 105 cm³/mol. The first-order valence-corrected chi connectivity index (χ1v) is 9.83. The highest BCUT2D eigenvalue weighted by molar-refractivity contribution is 5.51. The van der Waals surface area contributed by atoms with Crippen LogP contribution in [0.25, 0.3) is 0 Å². The van der Waals surface area contributed by atoms with Crippen molar-refractivity contribution in [2.24, 2.45) is 5.92 Å². The zero-order valence-electron chi connectivity index (χ0n) is 15.8. The van der Waals surface area contributed by atoms with Crippen LogP contribution < -0.4 is 9.80 Å². The van der Waals surface area contributed by atoms with Crippen LogP contribution in [-0.2, 0) is 6.42 Å². The third-order valence-electron chi connectivity index (χ3n) is 5.80. The minimum atomic E-state index is -0.187. The number of aryl methyl sites for hydroxylation is 1. The Kier molecular flexibility index (Phi) is 5.25. The highest BCUT2D eigenvalue weighted by Gasteiger charge is 2.25. The molecule has 5 nitrogen and oxygen atoms in total. The van der Waals surface area contributed by atoms with Crippen LogP contribution in [0, 0.1) is 18.7 Å². The van der Waals surface area contributed by atoms with E-state index in [4.69, 9.17) is 0 Å². The molecule has 0 amide bonds. The smallest absolute Gasteiger partial charge is 0.134 e. The molecule has 6 heteroatoms. The number of aliphatic hydroxyl groups excluding tert-OH is 1. The quantitative estimate of drug-likeness (QED) is 0.897. The average Bonchev–Trinajstić information content (AvgIpc) is 3.14. The molecule has 1 aromatic heterocycles. The van der Waals surface area contributed by atoms with E-state index in [0.29, 0.717) is 11.5 Å². The molecular formula is C21H27FN4O. The Morgan fingerprint density at radius 1 is 1.04 bits per heavy atom. The van der Waals surface area contributed by atoms with Crippen molar-refractivity contribution < 1.29 is 9.50 Å². The Morgan fingerprint density at radius 2 is 1.74 bits per heavy atom. The normalized spacial score (nSPS) is 21.1. The number of piperidine rings is 1. The van der Waals surface area contributed by atoms with Gasteiger partial charge in [-0.2, -0.15) is 0 Å². The van der Waals surface area contributed by atoms with Crippen LogP contribution in [0.5, 0.6) is 0 Å². The largest absolute Gasteiger partial charge is 0.393 e. The molecule has 0 bridgehead atoms. The predicted octanol–water partition coefficient (Wildman–Crippen LogP) is 2.95. The van der Waals surface area contributed by atoms with Crippen molar-refractivity contribution in [1.82, 2.24) is 9.97 Å². The fourth-order valence-electron chi connectivity index (χ4n) is 4.08. The van der Waals surface area contributed by atoms with Crippen LogP contribution in [0.3, 0.4) is 0 Å². The molecule has 2 aromatic rings. The van der Waals surface area contributed by atoms with Gasteiger partial charge in [-0.15, -0.1) is 0 Å². The standard InChI is InChI=1S/C21H27FN4O/c1-15-2-3-16(11-19(15)22)10-17-4-7-26(13-17)21-12-20(23-14-24-21)25-8-5-18(27)6-9-25/h2-3,11-12,14,17-18,27H,4-10,13H2,1H3. The summed E-state index contributed by atoms with van der Waals surface area (Å²) in [4.78, 5) is 13.4. The summed E-state index contributed by atoms with van der Waals surface area (Å²) in [7, 11) is 0. The number of hydrogen-bond donors (Lipinski definition) is 1. The van der Waals surface area contributed by atoms with Crippen LogP contribution in [0.4, 0.5) is 16.0 Å². The molecule has 2 aliphatic rings. The summed E-state index contributed by atoms with van der Waals surface area (Å²) in [6, 6.07) is 7.63. The van der Waals surface area contributed by atoms with Gasteiger partial charge in [-0.05, 0) is 55.7 Å². The first-order chi connectivity index (χ1) is 13.1. The Morgan fingerprint density at radius 3 is 2.48 bits per heavy atom. The van der Waals surface area contributed by atoms with Crippen LogP contribution in [0.15, 0.2) is 30.6 Å². The van der Waals surface area contributed by atoms with Crippen molar-refractivity contribution in [3.05, 3.63) is 47.5 Å². The van der Waals surface area contributed by atoms with E-state index in [1.54, 1.807) is 19.3 Å². The van der Waals surface area contributed by atoms with E-state index in [0.717, 1.165) is 69.1 Å². The van der Waals surface area contributed by atoms with E-state index < -0.39 is 0 Å². The number of aliphatic hydroxyl groups is 1. The highest BCUT2D eigenvalue weighted by Crippen LogP contribution is 2.27. The van der Waals surface area contributed by atoms with E-state index >= 15 is 0 Å². The molecule has 0 radical (unpaired) electrons. The van der Waals surface area contributed by atoms with Gasteiger partial charge >= 0.3 is 0 Å². The van der Waals surface area contributed by atoms with Crippen molar-refractivity contribution >= 4 is 11.6 Å². The third kappa shape index (κ3) is 4.21. The molecule has 0 saturated carbocycles. The lowest BCUT2D eigenvalue weighted by atomic mass is 9.98. The number of nitrogens with zero attached hydrogens (tertiary/aromatic N) is 4. The highest BCUT2D eigenvalue weighted by atomic mass is 19.1. The van der Waals surface area contributed by atoms with Crippen LogP contribution >= 0.6 is 0 Å². The van der Waals surface area contributed by atoms with E-state index in [1.165, 1.54) is 0 Å². The minimum absolute atomic E-state index is 0.116. The van der Waals surface area contributed by atoms with Gasteiger partial charge in [0.1, 0.15) is 23.8 Å². The Labute approximate surface area is 159 Å². The van der Waals surface area contributed by atoms with E-state index in [2.05, 4.69) is 25.8 Å². The van der Waals surface area contributed by atoms with Crippen LogP contribution in [0.1, 0.15) is 30.4 Å². The Hall–Kier alpha value is -2.21. The average molecular weight is 370 g/mol. The molecule has 0 spiro atoms. The van der Waals surface area contributed by atoms with E-state index in [-0.39, 0.29) is 11.9 Å². The molecule has 0 aliphatic carbocycles. The van der Waals surface area contributed by atoms with Crippen molar-refractivity contribution in [2.75, 3.05) is 36.0 Å². The molecule has 1 unspecified atom stereocenters. The maximum atomic E-state index is 13.8. The van der Waals surface area contributed by atoms with Gasteiger partial charge in [-0.1, -0.05) is 12.1 Å². The van der Waals surface area contributed by atoms with Gasteiger partial charge in [0, 0.05) is 32.2 Å². The second kappa shape index (κ2) is 7.80. The first-order valence-electron chi connectivity index (χ1n) is 9.83. The number of rotatable bonds is 4. The van der Waals surface area contributed by atoms with E-state index in [1.807, 2.05) is 12.1 Å².